The summed E-state index contributed by atoms with van der Waals surface area (Å²) in [6.07, 6.45) is 0. The van der Waals surface area contributed by atoms with Gasteiger partial charge in [-0.2, -0.15) is 0 Å². The van der Waals surface area contributed by atoms with Gasteiger partial charge >= 0.3 is 0 Å². The lowest BCUT2D eigenvalue weighted by Crippen LogP contribution is -2.50. The Hall–Kier alpha value is -2.32. The number of benzene rings is 1. The fraction of sp³-hybridized carbons (Fsp3) is 0.333. The fourth-order valence-corrected chi connectivity index (χ4v) is 3.47. The van der Waals surface area contributed by atoms with Crippen LogP contribution in [0.2, 0.25) is 0 Å². The highest BCUT2D eigenvalue weighted by molar-refractivity contribution is 7.12. The Kier molecular flexibility index (Phi) is 5.95. The zero-order valence-corrected chi connectivity index (χ0v) is 14.9. The predicted octanol–water partition coefficient (Wildman–Crippen LogP) is 2.21. The number of carbonyl (C=O) groups is 2. The molecule has 0 bridgehead atoms. The highest BCUT2D eigenvalue weighted by Crippen LogP contribution is 2.14. The van der Waals surface area contributed by atoms with Gasteiger partial charge in [0, 0.05) is 45.3 Å². The SMILES string of the molecule is O=C(NCCN1CCN(C(=O)c2ccc(F)cc2F)CC1)c1cccs1. The first kappa shape index (κ1) is 18.5. The topological polar surface area (TPSA) is 52.7 Å². The molecule has 1 aliphatic rings. The molecule has 1 aromatic heterocycles. The van der Waals surface area contributed by atoms with Gasteiger partial charge in [0.15, 0.2) is 0 Å². The van der Waals surface area contributed by atoms with Crippen molar-refractivity contribution in [2.45, 2.75) is 0 Å². The van der Waals surface area contributed by atoms with Gasteiger partial charge in [-0.25, -0.2) is 8.78 Å². The number of nitrogens with zero attached hydrogens (tertiary/aromatic N) is 2. The Bertz CT molecular complexity index is 775. The molecule has 138 valence electrons. The van der Waals surface area contributed by atoms with Crippen LogP contribution in [0, 0.1) is 11.6 Å². The van der Waals surface area contributed by atoms with Crippen molar-refractivity contribution in [3.8, 4) is 0 Å². The average molecular weight is 379 g/mol. The van der Waals surface area contributed by atoms with Gasteiger partial charge in [0.2, 0.25) is 0 Å². The number of thiophene rings is 1. The standard InChI is InChI=1S/C18H19F2N3O2S/c19-13-3-4-14(15(20)12-13)18(25)23-9-7-22(8-10-23)6-5-21-17(24)16-2-1-11-26-16/h1-4,11-12H,5-10H2,(H,21,24). The molecule has 1 saturated heterocycles. The molecule has 0 atom stereocenters. The lowest BCUT2D eigenvalue weighted by atomic mass is 10.1. The lowest BCUT2D eigenvalue weighted by molar-refractivity contribution is 0.0633. The third-order valence-corrected chi connectivity index (χ3v) is 5.15. The van der Waals surface area contributed by atoms with E-state index in [1.165, 1.54) is 17.4 Å². The number of amides is 2. The first-order valence-electron chi connectivity index (χ1n) is 8.33. The van der Waals surface area contributed by atoms with E-state index in [0.29, 0.717) is 44.1 Å². The van der Waals surface area contributed by atoms with E-state index in [1.54, 1.807) is 11.0 Å². The Labute approximate surface area is 154 Å². The third kappa shape index (κ3) is 4.44. The summed E-state index contributed by atoms with van der Waals surface area (Å²) in [5.41, 5.74) is -0.108. The van der Waals surface area contributed by atoms with E-state index >= 15 is 0 Å². The van der Waals surface area contributed by atoms with Gasteiger partial charge in [-0.3, -0.25) is 14.5 Å². The molecule has 0 aliphatic carbocycles. The molecule has 8 heteroatoms. The first-order valence-corrected chi connectivity index (χ1v) is 9.21. The Morgan fingerprint density at radius 2 is 1.88 bits per heavy atom. The number of hydrogen-bond donors (Lipinski definition) is 1. The number of halogens is 2. The Balaban J connectivity index is 1.44. The number of hydrogen-bond acceptors (Lipinski definition) is 4. The van der Waals surface area contributed by atoms with Crippen molar-refractivity contribution >= 4 is 23.2 Å². The summed E-state index contributed by atoms with van der Waals surface area (Å²) < 4.78 is 26.7. The average Bonchev–Trinajstić information content (AvgIpc) is 3.16. The summed E-state index contributed by atoms with van der Waals surface area (Å²) in [4.78, 5) is 28.6. The lowest BCUT2D eigenvalue weighted by Gasteiger charge is -2.34. The molecule has 0 radical (unpaired) electrons. The Morgan fingerprint density at radius 3 is 2.54 bits per heavy atom. The quantitative estimate of drug-likeness (QED) is 0.867. The molecule has 26 heavy (non-hydrogen) atoms. The second-order valence-corrected chi connectivity index (χ2v) is 6.94. The van der Waals surface area contributed by atoms with Gasteiger partial charge < -0.3 is 10.2 Å². The molecule has 1 aliphatic heterocycles. The van der Waals surface area contributed by atoms with Crippen LogP contribution in [-0.4, -0.2) is 60.9 Å². The highest BCUT2D eigenvalue weighted by Gasteiger charge is 2.24. The van der Waals surface area contributed by atoms with Crippen molar-refractivity contribution < 1.29 is 18.4 Å². The van der Waals surface area contributed by atoms with Crippen LogP contribution in [0.1, 0.15) is 20.0 Å². The second kappa shape index (κ2) is 8.37. The third-order valence-electron chi connectivity index (χ3n) is 4.28. The molecule has 0 unspecified atom stereocenters. The minimum absolute atomic E-state index is 0.0828. The summed E-state index contributed by atoms with van der Waals surface area (Å²) in [6, 6.07) is 6.60. The number of piperazine rings is 1. The number of rotatable bonds is 5. The van der Waals surface area contributed by atoms with Crippen molar-refractivity contribution in [3.05, 3.63) is 57.8 Å². The van der Waals surface area contributed by atoms with Crippen LogP contribution in [0.3, 0.4) is 0 Å². The van der Waals surface area contributed by atoms with Crippen LogP contribution in [0.25, 0.3) is 0 Å². The van der Waals surface area contributed by atoms with Crippen LogP contribution in [-0.2, 0) is 0 Å². The van der Waals surface area contributed by atoms with E-state index in [1.807, 2.05) is 11.4 Å². The molecule has 1 fully saturated rings. The van der Waals surface area contributed by atoms with Crippen LogP contribution >= 0.6 is 11.3 Å². The van der Waals surface area contributed by atoms with Gasteiger partial charge in [-0.15, -0.1) is 11.3 Å². The summed E-state index contributed by atoms with van der Waals surface area (Å²) >= 11 is 1.40. The molecule has 0 saturated carbocycles. The zero-order valence-electron chi connectivity index (χ0n) is 14.1. The largest absolute Gasteiger partial charge is 0.350 e. The zero-order chi connectivity index (χ0) is 18.5. The van der Waals surface area contributed by atoms with Crippen molar-refractivity contribution in [1.29, 1.82) is 0 Å². The van der Waals surface area contributed by atoms with E-state index in [-0.39, 0.29) is 11.5 Å². The maximum absolute atomic E-state index is 13.8. The molecular formula is C18H19F2N3O2S. The van der Waals surface area contributed by atoms with Crippen molar-refractivity contribution in [3.63, 3.8) is 0 Å². The van der Waals surface area contributed by atoms with E-state index in [2.05, 4.69) is 10.2 Å². The van der Waals surface area contributed by atoms with Gasteiger partial charge in [0.1, 0.15) is 11.6 Å². The molecule has 5 nitrogen and oxygen atoms in total. The monoisotopic (exact) mass is 379 g/mol. The highest BCUT2D eigenvalue weighted by atomic mass is 32.1. The maximum atomic E-state index is 13.8. The summed E-state index contributed by atoms with van der Waals surface area (Å²) in [7, 11) is 0. The van der Waals surface area contributed by atoms with Crippen LogP contribution < -0.4 is 5.32 Å². The van der Waals surface area contributed by atoms with Gasteiger partial charge in [0.05, 0.1) is 10.4 Å². The number of carbonyl (C=O) groups excluding carboxylic acids is 2. The van der Waals surface area contributed by atoms with E-state index in [9.17, 15) is 18.4 Å². The first-order chi connectivity index (χ1) is 12.5. The normalized spacial score (nSPS) is 15.1. The molecule has 2 heterocycles. The van der Waals surface area contributed by atoms with Crippen LogP contribution in [0.15, 0.2) is 35.7 Å². The number of nitrogens with one attached hydrogen (secondary N) is 1. The second-order valence-electron chi connectivity index (χ2n) is 5.99. The molecule has 2 aromatic rings. The van der Waals surface area contributed by atoms with E-state index in [4.69, 9.17) is 0 Å². The minimum Gasteiger partial charge on any atom is -0.350 e. The van der Waals surface area contributed by atoms with Gasteiger partial charge in [-0.05, 0) is 23.6 Å². The van der Waals surface area contributed by atoms with Crippen molar-refractivity contribution in [2.75, 3.05) is 39.3 Å². The molecule has 0 spiro atoms. The summed E-state index contributed by atoms with van der Waals surface area (Å²) in [5, 5.41) is 4.73. The van der Waals surface area contributed by atoms with Crippen molar-refractivity contribution in [1.82, 2.24) is 15.1 Å². The fourth-order valence-electron chi connectivity index (χ4n) is 2.83. The van der Waals surface area contributed by atoms with Gasteiger partial charge in [-0.1, -0.05) is 6.07 Å². The molecule has 3 rings (SSSR count). The summed E-state index contributed by atoms with van der Waals surface area (Å²) in [5.74, 6) is -2.05. The minimum atomic E-state index is -0.839. The molecule has 2 amide bonds. The molecule has 1 aromatic carbocycles. The van der Waals surface area contributed by atoms with Crippen LogP contribution in [0.5, 0.6) is 0 Å². The molecular weight excluding hydrogens is 360 g/mol. The van der Waals surface area contributed by atoms with Crippen LogP contribution in [0.4, 0.5) is 8.78 Å². The van der Waals surface area contributed by atoms with Crippen molar-refractivity contribution in [2.24, 2.45) is 0 Å². The summed E-state index contributed by atoms with van der Waals surface area (Å²) in [6.45, 7) is 3.43. The van der Waals surface area contributed by atoms with Gasteiger partial charge in [0.25, 0.3) is 11.8 Å². The predicted molar refractivity (Wildman–Crippen MR) is 95.4 cm³/mol. The van der Waals surface area contributed by atoms with E-state index < -0.39 is 17.5 Å². The maximum Gasteiger partial charge on any atom is 0.261 e. The Morgan fingerprint density at radius 1 is 1.12 bits per heavy atom. The smallest absolute Gasteiger partial charge is 0.261 e. The molecule has 1 N–H and O–H groups in total. The van der Waals surface area contributed by atoms with E-state index in [0.717, 1.165) is 12.1 Å².